The molecular weight excluding hydrogens is 425 g/mol. The van der Waals surface area contributed by atoms with Gasteiger partial charge in [-0.25, -0.2) is 4.98 Å². The highest BCUT2D eigenvalue weighted by molar-refractivity contribution is 5.99. The first-order valence-corrected chi connectivity index (χ1v) is 10.3. The van der Waals surface area contributed by atoms with Gasteiger partial charge in [0.05, 0.1) is 6.42 Å². The van der Waals surface area contributed by atoms with E-state index in [1.54, 1.807) is 25.2 Å². The lowest BCUT2D eigenvalue weighted by Crippen LogP contribution is -2.38. The predicted octanol–water partition coefficient (Wildman–Crippen LogP) is 3.40. The summed E-state index contributed by atoms with van der Waals surface area (Å²) in [6, 6.07) is 5.11. The van der Waals surface area contributed by atoms with E-state index in [9.17, 15) is 22.8 Å². The second-order valence-electron chi connectivity index (χ2n) is 7.99. The van der Waals surface area contributed by atoms with Gasteiger partial charge in [-0.15, -0.1) is 0 Å². The molecule has 8 nitrogen and oxygen atoms in total. The highest BCUT2D eigenvalue weighted by Crippen LogP contribution is 2.34. The molecule has 0 spiro atoms. The average Bonchev–Trinajstić information content (AvgIpc) is 3.05. The molecule has 0 radical (unpaired) electrons. The number of amides is 2. The monoisotopic (exact) mass is 448 g/mol. The number of anilines is 4. The van der Waals surface area contributed by atoms with Crippen LogP contribution in [0.25, 0.3) is 0 Å². The van der Waals surface area contributed by atoms with E-state index in [-0.39, 0.29) is 49.0 Å². The molecule has 0 unspecified atom stereocenters. The molecule has 1 aliphatic carbocycles. The largest absolute Gasteiger partial charge is 0.421 e. The molecule has 1 aliphatic heterocycles. The number of nitrogens with zero attached hydrogens (tertiary/aromatic N) is 3. The number of aromatic nitrogens is 2. The van der Waals surface area contributed by atoms with Crippen LogP contribution in [0.2, 0.25) is 0 Å². The van der Waals surface area contributed by atoms with Gasteiger partial charge in [-0.05, 0) is 36.6 Å². The fourth-order valence-corrected chi connectivity index (χ4v) is 3.64. The first-order chi connectivity index (χ1) is 15.2. The van der Waals surface area contributed by atoms with Gasteiger partial charge >= 0.3 is 6.18 Å². The smallest absolute Gasteiger partial charge is 0.368 e. The lowest BCUT2D eigenvalue weighted by Gasteiger charge is -2.29. The Bertz CT molecular complexity index is 1040. The zero-order valence-electron chi connectivity index (χ0n) is 17.4. The van der Waals surface area contributed by atoms with Crippen LogP contribution in [-0.2, 0) is 22.2 Å². The molecule has 170 valence electrons. The van der Waals surface area contributed by atoms with Gasteiger partial charge in [-0.2, -0.15) is 18.2 Å². The van der Waals surface area contributed by atoms with E-state index in [4.69, 9.17) is 0 Å². The van der Waals surface area contributed by atoms with Crippen molar-refractivity contribution in [3.8, 4) is 0 Å². The van der Waals surface area contributed by atoms with Gasteiger partial charge in [0.1, 0.15) is 11.4 Å². The van der Waals surface area contributed by atoms with Crippen molar-refractivity contribution in [3.05, 3.63) is 35.5 Å². The van der Waals surface area contributed by atoms with E-state index in [0.717, 1.165) is 31.0 Å². The van der Waals surface area contributed by atoms with Crippen LogP contribution in [0, 0.1) is 5.92 Å². The highest BCUT2D eigenvalue weighted by Gasteiger charge is 2.35. The molecule has 2 heterocycles. The number of nitrogens with one attached hydrogen (secondary N) is 3. The van der Waals surface area contributed by atoms with Crippen LogP contribution in [0.1, 0.15) is 30.4 Å². The molecule has 0 atom stereocenters. The highest BCUT2D eigenvalue weighted by atomic mass is 19.4. The van der Waals surface area contributed by atoms with E-state index in [1.807, 2.05) is 0 Å². The number of fused-ring (bicyclic) bond motifs is 1. The van der Waals surface area contributed by atoms with Crippen molar-refractivity contribution < 1.29 is 22.8 Å². The Morgan fingerprint density at radius 3 is 2.78 bits per heavy atom. The normalized spacial score (nSPS) is 15.6. The van der Waals surface area contributed by atoms with Crippen molar-refractivity contribution >= 4 is 35.0 Å². The Balaban J connectivity index is 1.45. The number of carbonyl (C=O) groups is 2. The summed E-state index contributed by atoms with van der Waals surface area (Å²) in [4.78, 5) is 33.0. The third-order valence-corrected chi connectivity index (χ3v) is 5.65. The van der Waals surface area contributed by atoms with E-state index in [1.165, 1.54) is 4.90 Å². The average molecular weight is 448 g/mol. The van der Waals surface area contributed by atoms with Crippen LogP contribution < -0.4 is 16.0 Å². The zero-order valence-corrected chi connectivity index (χ0v) is 17.4. The molecule has 0 bridgehead atoms. The standard InChI is InChI=1S/C21H23F3N6O2/c1-30(19(32)12-3-2-4-12)8-7-25-18-15(21(22,23)24)11-26-20(29-18)27-14-5-6-16-13(9-14)10-17(31)28-16/h5-6,9,11-12H,2-4,7-8,10H2,1H3,(H,28,31)(H2,25,26,27,29). The number of alkyl halides is 3. The number of hydrogen-bond acceptors (Lipinski definition) is 6. The molecule has 1 fully saturated rings. The molecule has 1 saturated carbocycles. The van der Waals surface area contributed by atoms with Crippen LogP contribution in [0.3, 0.4) is 0 Å². The molecule has 0 saturated heterocycles. The Kier molecular flexibility index (Phi) is 5.90. The molecule has 2 amide bonds. The molecule has 1 aromatic heterocycles. The number of hydrogen-bond donors (Lipinski definition) is 3. The summed E-state index contributed by atoms with van der Waals surface area (Å²) in [5.74, 6) is -0.452. The third kappa shape index (κ3) is 4.76. The lowest BCUT2D eigenvalue weighted by molar-refractivity contribution is -0.138. The van der Waals surface area contributed by atoms with Gasteiger partial charge in [0.2, 0.25) is 17.8 Å². The van der Waals surface area contributed by atoms with E-state index < -0.39 is 11.7 Å². The zero-order chi connectivity index (χ0) is 22.9. The Labute approximate surface area is 182 Å². The minimum Gasteiger partial charge on any atom is -0.368 e. The van der Waals surface area contributed by atoms with Crippen molar-refractivity contribution in [2.24, 2.45) is 5.92 Å². The van der Waals surface area contributed by atoms with Gasteiger partial charge < -0.3 is 20.9 Å². The van der Waals surface area contributed by atoms with Gasteiger partial charge in [0.15, 0.2) is 0 Å². The Morgan fingerprint density at radius 1 is 1.31 bits per heavy atom. The summed E-state index contributed by atoms with van der Waals surface area (Å²) in [6.07, 6.45) is -0.914. The summed E-state index contributed by atoms with van der Waals surface area (Å²) in [5.41, 5.74) is 1.05. The molecule has 1 aromatic carbocycles. The van der Waals surface area contributed by atoms with Gasteiger partial charge in [0, 0.05) is 43.6 Å². The van der Waals surface area contributed by atoms with E-state index in [0.29, 0.717) is 11.4 Å². The van der Waals surface area contributed by atoms with Crippen molar-refractivity contribution in [2.45, 2.75) is 31.9 Å². The summed E-state index contributed by atoms with van der Waals surface area (Å²) >= 11 is 0. The SMILES string of the molecule is CN(CCNc1nc(Nc2ccc3c(c2)CC(=O)N3)ncc1C(F)(F)F)C(=O)C1CCC1. The first-order valence-electron chi connectivity index (χ1n) is 10.3. The van der Waals surface area contributed by atoms with Gasteiger partial charge in [0.25, 0.3) is 0 Å². The van der Waals surface area contributed by atoms with Crippen LogP contribution in [-0.4, -0.2) is 46.8 Å². The van der Waals surface area contributed by atoms with Gasteiger partial charge in [-0.3, -0.25) is 9.59 Å². The van der Waals surface area contributed by atoms with Crippen LogP contribution in [0.5, 0.6) is 0 Å². The van der Waals surface area contributed by atoms with E-state index >= 15 is 0 Å². The van der Waals surface area contributed by atoms with Crippen molar-refractivity contribution in [1.29, 1.82) is 0 Å². The summed E-state index contributed by atoms with van der Waals surface area (Å²) in [6.45, 7) is 0.367. The van der Waals surface area contributed by atoms with Crippen LogP contribution in [0.4, 0.5) is 36.3 Å². The Morgan fingerprint density at radius 2 is 2.09 bits per heavy atom. The van der Waals surface area contributed by atoms with Crippen molar-refractivity contribution in [2.75, 3.05) is 36.1 Å². The quantitative estimate of drug-likeness (QED) is 0.601. The maximum absolute atomic E-state index is 13.4. The van der Waals surface area contributed by atoms with Crippen LogP contribution >= 0.6 is 0 Å². The second-order valence-corrected chi connectivity index (χ2v) is 7.99. The summed E-state index contributed by atoms with van der Waals surface area (Å²) in [5, 5.41) is 8.29. The number of carbonyl (C=O) groups excluding carboxylic acids is 2. The molecule has 2 aliphatic rings. The number of benzene rings is 1. The predicted molar refractivity (Wildman–Crippen MR) is 113 cm³/mol. The number of rotatable bonds is 7. The molecule has 4 rings (SSSR count). The second kappa shape index (κ2) is 8.64. The minimum atomic E-state index is -4.63. The maximum Gasteiger partial charge on any atom is 0.421 e. The fraction of sp³-hybridized carbons (Fsp3) is 0.429. The van der Waals surface area contributed by atoms with E-state index in [2.05, 4.69) is 25.9 Å². The van der Waals surface area contributed by atoms with Crippen molar-refractivity contribution in [1.82, 2.24) is 14.9 Å². The first kappa shape index (κ1) is 21.8. The topological polar surface area (TPSA) is 99.2 Å². The minimum absolute atomic E-state index is 0.0170. The number of likely N-dealkylation sites (N-methyl/N-ethyl adjacent to an activating group) is 1. The summed E-state index contributed by atoms with van der Waals surface area (Å²) < 4.78 is 40.3. The van der Waals surface area contributed by atoms with Gasteiger partial charge in [-0.1, -0.05) is 6.42 Å². The van der Waals surface area contributed by atoms with Crippen molar-refractivity contribution in [3.63, 3.8) is 0 Å². The third-order valence-electron chi connectivity index (χ3n) is 5.65. The molecule has 32 heavy (non-hydrogen) atoms. The maximum atomic E-state index is 13.4. The molecule has 11 heteroatoms. The number of halogens is 3. The fourth-order valence-electron chi connectivity index (χ4n) is 3.64. The lowest BCUT2D eigenvalue weighted by atomic mass is 9.84. The molecule has 2 aromatic rings. The Hall–Kier alpha value is -3.37. The molecular formula is C21H23F3N6O2. The summed E-state index contributed by atoms with van der Waals surface area (Å²) in [7, 11) is 1.65. The molecule has 3 N–H and O–H groups in total. The van der Waals surface area contributed by atoms with Crippen LogP contribution in [0.15, 0.2) is 24.4 Å².